The third-order valence-electron chi connectivity index (χ3n) is 3.56. The van der Waals surface area contributed by atoms with Crippen LogP contribution in [0.25, 0.3) is 0 Å². The minimum atomic E-state index is 0.0954. The number of Topliss-reactive ketones (excluding diaryl/α,β-unsaturated/α-hetero) is 1. The van der Waals surface area contributed by atoms with Gasteiger partial charge in [-0.15, -0.1) is 0 Å². The molecule has 0 spiro atoms. The first kappa shape index (κ1) is 14.7. The standard InChI is InChI=1S/C18H18N2OS/c1-19(2)15-8-10-16(11-9-15)20-13-12-17(22-20)18(21)14-6-4-3-5-7-14/h3-12H,13H2,1-2H3. The van der Waals surface area contributed by atoms with E-state index in [0.717, 1.165) is 22.7 Å². The summed E-state index contributed by atoms with van der Waals surface area (Å²) in [5, 5.41) is 0. The van der Waals surface area contributed by atoms with Crippen molar-refractivity contribution in [2.24, 2.45) is 0 Å². The first-order valence-electron chi connectivity index (χ1n) is 7.18. The Kier molecular flexibility index (Phi) is 4.20. The van der Waals surface area contributed by atoms with Gasteiger partial charge < -0.3 is 9.21 Å². The number of nitrogens with zero attached hydrogens (tertiary/aromatic N) is 2. The number of anilines is 2. The zero-order chi connectivity index (χ0) is 15.5. The van der Waals surface area contributed by atoms with E-state index in [9.17, 15) is 4.79 Å². The van der Waals surface area contributed by atoms with Gasteiger partial charge >= 0.3 is 0 Å². The summed E-state index contributed by atoms with van der Waals surface area (Å²) in [6, 6.07) is 17.8. The van der Waals surface area contributed by atoms with Gasteiger partial charge in [-0.2, -0.15) is 0 Å². The molecule has 0 atom stereocenters. The third kappa shape index (κ3) is 3.02. The average molecular weight is 310 g/mol. The van der Waals surface area contributed by atoms with Crippen LogP contribution in [0.3, 0.4) is 0 Å². The van der Waals surface area contributed by atoms with E-state index >= 15 is 0 Å². The van der Waals surface area contributed by atoms with Crippen molar-refractivity contribution in [1.82, 2.24) is 0 Å². The Labute approximate surface area is 135 Å². The highest BCUT2D eigenvalue weighted by molar-refractivity contribution is 8.05. The molecule has 4 heteroatoms. The minimum Gasteiger partial charge on any atom is -0.378 e. The SMILES string of the molecule is CN(C)c1ccc(N2CC=C(C(=O)c3ccccc3)S2)cc1. The highest BCUT2D eigenvalue weighted by Gasteiger charge is 2.22. The van der Waals surface area contributed by atoms with E-state index in [4.69, 9.17) is 0 Å². The lowest BCUT2D eigenvalue weighted by molar-refractivity contribution is 0.104. The first-order valence-corrected chi connectivity index (χ1v) is 7.95. The van der Waals surface area contributed by atoms with Crippen LogP contribution < -0.4 is 9.21 Å². The van der Waals surface area contributed by atoms with E-state index in [0.29, 0.717) is 0 Å². The Morgan fingerprint density at radius 3 is 2.36 bits per heavy atom. The maximum absolute atomic E-state index is 12.4. The summed E-state index contributed by atoms with van der Waals surface area (Å²) >= 11 is 1.51. The highest BCUT2D eigenvalue weighted by atomic mass is 32.2. The maximum atomic E-state index is 12.4. The third-order valence-corrected chi connectivity index (χ3v) is 4.69. The molecule has 112 valence electrons. The second-order valence-electron chi connectivity index (χ2n) is 5.33. The molecule has 2 aromatic rings. The van der Waals surface area contributed by atoms with Crippen molar-refractivity contribution >= 4 is 29.1 Å². The van der Waals surface area contributed by atoms with Gasteiger partial charge in [0.2, 0.25) is 5.78 Å². The number of hydrogen-bond acceptors (Lipinski definition) is 4. The van der Waals surface area contributed by atoms with Crippen molar-refractivity contribution in [2.75, 3.05) is 29.8 Å². The van der Waals surface area contributed by atoms with Gasteiger partial charge in [-0.25, -0.2) is 0 Å². The lowest BCUT2D eigenvalue weighted by Crippen LogP contribution is -2.11. The maximum Gasteiger partial charge on any atom is 0.200 e. The lowest BCUT2D eigenvalue weighted by atomic mass is 10.1. The van der Waals surface area contributed by atoms with Crippen LogP contribution in [0.2, 0.25) is 0 Å². The quantitative estimate of drug-likeness (QED) is 0.629. The van der Waals surface area contributed by atoms with Gasteiger partial charge in [-0.3, -0.25) is 4.79 Å². The fraction of sp³-hybridized carbons (Fsp3) is 0.167. The number of benzene rings is 2. The molecular weight excluding hydrogens is 292 g/mol. The molecule has 22 heavy (non-hydrogen) atoms. The van der Waals surface area contributed by atoms with Gasteiger partial charge in [0, 0.05) is 37.6 Å². The summed E-state index contributed by atoms with van der Waals surface area (Å²) < 4.78 is 2.13. The van der Waals surface area contributed by atoms with Crippen LogP contribution in [0.4, 0.5) is 11.4 Å². The molecule has 3 rings (SSSR count). The molecule has 1 heterocycles. The Morgan fingerprint density at radius 2 is 1.73 bits per heavy atom. The molecule has 0 unspecified atom stereocenters. The summed E-state index contributed by atoms with van der Waals surface area (Å²) in [4.78, 5) is 15.3. The molecule has 0 fully saturated rings. The Bertz CT molecular complexity index is 693. The van der Waals surface area contributed by atoms with Gasteiger partial charge in [-0.1, -0.05) is 30.3 Å². The average Bonchev–Trinajstić information content (AvgIpc) is 3.05. The van der Waals surface area contributed by atoms with Crippen molar-refractivity contribution in [3.05, 3.63) is 71.1 Å². The second-order valence-corrected chi connectivity index (χ2v) is 6.39. The molecule has 3 nitrogen and oxygen atoms in total. The summed E-state index contributed by atoms with van der Waals surface area (Å²) in [5.41, 5.74) is 3.02. The van der Waals surface area contributed by atoms with Crippen LogP contribution in [0.1, 0.15) is 10.4 Å². The number of carbonyl (C=O) groups is 1. The van der Waals surface area contributed by atoms with Crippen molar-refractivity contribution < 1.29 is 4.79 Å². The summed E-state index contributed by atoms with van der Waals surface area (Å²) in [7, 11) is 4.05. The lowest BCUT2D eigenvalue weighted by Gasteiger charge is -2.19. The highest BCUT2D eigenvalue weighted by Crippen LogP contribution is 2.35. The van der Waals surface area contributed by atoms with Gasteiger partial charge in [0.1, 0.15) is 0 Å². The normalized spacial score (nSPS) is 13.9. The molecule has 2 aromatic carbocycles. The molecule has 0 saturated heterocycles. The molecule has 0 aromatic heterocycles. The van der Waals surface area contributed by atoms with E-state index < -0.39 is 0 Å². The number of hydrogen-bond donors (Lipinski definition) is 0. The molecule has 0 aliphatic carbocycles. The number of carbonyl (C=O) groups excluding carboxylic acids is 1. The Hall–Kier alpha value is -2.20. The smallest absolute Gasteiger partial charge is 0.200 e. The number of ketones is 1. The van der Waals surface area contributed by atoms with E-state index in [1.54, 1.807) is 0 Å². The topological polar surface area (TPSA) is 23.6 Å². The fourth-order valence-corrected chi connectivity index (χ4v) is 3.26. The van der Waals surface area contributed by atoms with Gasteiger partial charge in [0.15, 0.2) is 0 Å². The molecular formula is C18H18N2OS. The Morgan fingerprint density at radius 1 is 1.05 bits per heavy atom. The molecule has 1 aliphatic heterocycles. The molecule has 0 bridgehead atoms. The Balaban J connectivity index is 1.70. The molecule has 0 N–H and O–H groups in total. The molecule has 1 aliphatic rings. The van der Waals surface area contributed by atoms with Crippen molar-refractivity contribution in [3.63, 3.8) is 0 Å². The zero-order valence-electron chi connectivity index (χ0n) is 12.7. The van der Waals surface area contributed by atoms with Gasteiger partial charge in [0.05, 0.1) is 4.91 Å². The van der Waals surface area contributed by atoms with E-state index in [2.05, 4.69) is 33.5 Å². The predicted molar refractivity (Wildman–Crippen MR) is 94.6 cm³/mol. The number of rotatable bonds is 4. The molecule has 0 amide bonds. The van der Waals surface area contributed by atoms with Crippen LogP contribution in [0, 0.1) is 0 Å². The van der Waals surface area contributed by atoms with E-state index in [1.807, 2.05) is 50.5 Å². The monoisotopic (exact) mass is 310 g/mol. The zero-order valence-corrected chi connectivity index (χ0v) is 13.5. The van der Waals surface area contributed by atoms with Crippen LogP contribution >= 0.6 is 11.9 Å². The van der Waals surface area contributed by atoms with Crippen molar-refractivity contribution in [2.45, 2.75) is 0 Å². The second kappa shape index (κ2) is 6.28. The summed E-state index contributed by atoms with van der Waals surface area (Å²) in [6.45, 7) is 0.750. The van der Waals surface area contributed by atoms with Crippen LogP contribution in [-0.4, -0.2) is 26.4 Å². The molecule has 0 saturated carbocycles. The van der Waals surface area contributed by atoms with Crippen LogP contribution in [0.5, 0.6) is 0 Å². The van der Waals surface area contributed by atoms with E-state index in [1.165, 1.54) is 17.6 Å². The van der Waals surface area contributed by atoms with Crippen LogP contribution in [0.15, 0.2) is 65.6 Å². The largest absolute Gasteiger partial charge is 0.378 e. The summed E-state index contributed by atoms with van der Waals surface area (Å²) in [6.07, 6.45) is 2.00. The number of allylic oxidation sites excluding steroid dienone is 1. The van der Waals surface area contributed by atoms with Crippen LogP contribution in [-0.2, 0) is 0 Å². The van der Waals surface area contributed by atoms with Gasteiger partial charge in [0.25, 0.3) is 0 Å². The first-order chi connectivity index (χ1) is 10.6. The predicted octanol–water partition coefficient (Wildman–Crippen LogP) is 3.99. The minimum absolute atomic E-state index is 0.0954. The van der Waals surface area contributed by atoms with E-state index in [-0.39, 0.29) is 5.78 Å². The van der Waals surface area contributed by atoms with Gasteiger partial charge in [-0.05, 0) is 42.3 Å². The summed E-state index contributed by atoms with van der Waals surface area (Å²) in [5.74, 6) is 0.0954. The van der Waals surface area contributed by atoms with Crippen molar-refractivity contribution in [1.29, 1.82) is 0 Å². The molecule has 0 radical (unpaired) electrons. The fourth-order valence-electron chi connectivity index (χ4n) is 2.30. The van der Waals surface area contributed by atoms with Crippen molar-refractivity contribution in [3.8, 4) is 0 Å².